The van der Waals surface area contributed by atoms with Crippen LogP contribution in [0.1, 0.15) is 32.8 Å². The van der Waals surface area contributed by atoms with Crippen molar-refractivity contribution in [2.45, 2.75) is 31.2 Å². The number of amides is 2. The minimum absolute atomic E-state index is 0.0324. The molecule has 5 rings (SSSR count). The van der Waals surface area contributed by atoms with E-state index in [2.05, 4.69) is 17.4 Å². The molecule has 0 bridgehead atoms. The molecule has 0 radical (unpaired) electrons. The van der Waals surface area contributed by atoms with Gasteiger partial charge in [-0.3, -0.25) is 9.59 Å². The molecule has 2 aliphatic heterocycles. The van der Waals surface area contributed by atoms with Gasteiger partial charge in [0.2, 0.25) is 5.91 Å². The van der Waals surface area contributed by atoms with E-state index in [-0.39, 0.29) is 11.8 Å². The second-order valence-corrected chi connectivity index (χ2v) is 8.78. The highest BCUT2D eigenvalue weighted by Crippen LogP contribution is 2.47. The number of carbonyl (C=O) groups excluding carboxylic acids is 2. The van der Waals surface area contributed by atoms with Crippen molar-refractivity contribution in [3.05, 3.63) is 93.7 Å². The van der Waals surface area contributed by atoms with E-state index in [1.807, 2.05) is 64.9 Å². The Labute approximate surface area is 179 Å². The van der Waals surface area contributed by atoms with Crippen LogP contribution in [0.4, 0.5) is 0 Å². The molecule has 1 spiro atoms. The van der Waals surface area contributed by atoms with E-state index in [1.54, 1.807) is 11.3 Å². The zero-order valence-electron chi connectivity index (χ0n) is 16.4. The molecule has 5 nitrogen and oxygen atoms in total. The van der Waals surface area contributed by atoms with Crippen molar-refractivity contribution in [2.24, 2.45) is 0 Å². The van der Waals surface area contributed by atoms with Gasteiger partial charge in [0, 0.05) is 23.4 Å². The highest BCUT2D eigenvalue weighted by Gasteiger charge is 2.54. The molecule has 0 saturated carbocycles. The molecule has 1 fully saturated rings. The summed E-state index contributed by atoms with van der Waals surface area (Å²) < 4.78 is 5.99. The second-order valence-electron chi connectivity index (χ2n) is 7.75. The molecule has 152 valence electrons. The van der Waals surface area contributed by atoms with Gasteiger partial charge in [0.05, 0.1) is 18.7 Å². The van der Waals surface area contributed by atoms with Crippen molar-refractivity contribution in [3.8, 4) is 0 Å². The summed E-state index contributed by atoms with van der Waals surface area (Å²) in [6.45, 7) is 1.34. The average Bonchev–Trinajstić information content (AvgIpc) is 3.53. The van der Waals surface area contributed by atoms with E-state index >= 15 is 0 Å². The number of hydrogen-bond acceptors (Lipinski definition) is 4. The molecule has 1 aromatic heterocycles. The smallest absolute Gasteiger partial charge is 0.254 e. The Hall–Kier alpha value is -2.96. The van der Waals surface area contributed by atoms with Gasteiger partial charge in [-0.1, -0.05) is 48.5 Å². The molecule has 1 N–H and O–H groups in total. The lowest BCUT2D eigenvalue weighted by atomic mass is 9.86. The van der Waals surface area contributed by atoms with Crippen molar-refractivity contribution in [1.29, 1.82) is 0 Å². The standard InChI is InChI=1S/C24H22N2O3S/c27-22(25-14-19-10-6-12-30-19)21-13-24(16-29-21)20-11-5-4-9-18(20)15-26(24)23(28)17-7-2-1-3-8-17/h1-12,21H,13-16H2,(H,25,27). The van der Waals surface area contributed by atoms with E-state index in [9.17, 15) is 9.59 Å². The quantitative estimate of drug-likeness (QED) is 0.703. The zero-order chi connectivity index (χ0) is 20.6. The van der Waals surface area contributed by atoms with Crippen molar-refractivity contribution in [1.82, 2.24) is 10.2 Å². The number of thiophene rings is 1. The van der Waals surface area contributed by atoms with Crippen LogP contribution < -0.4 is 5.32 Å². The minimum atomic E-state index is -0.617. The molecule has 2 aromatic carbocycles. The third kappa shape index (κ3) is 3.22. The molecule has 0 aliphatic carbocycles. The Morgan fingerprint density at radius 1 is 1.07 bits per heavy atom. The monoisotopic (exact) mass is 418 g/mol. The third-order valence-electron chi connectivity index (χ3n) is 5.99. The number of rotatable bonds is 4. The Balaban J connectivity index is 1.41. The summed E-state index contributed by atoms with van der Waals surface area (Å²) in [4.78, 5) is 29.2. The predicted octanol–water partition coefficient (Wildman–Crippen LogP) is 3.70. The van der Waals surface area contributed by atoms with Gasteiger partial charge in [-0.05, 0) is 34.7 Å². The number of nitrogens with zero attached hydrogens (tertiary/aromatic N) is 1. The topological polar surface area (TPSA) is 58.6 Å². The maximum absolute atomic E-state index is 13.4. The summed E-state index contributed by atoms with van der Waals surface area (Å²) in [5, 5.41) is 4.97. The largest absolute Gasteiger partial charge is 0.365 e. The number of ether oxygens (including phenoxy) is 1. The Morgan fingerprint density at radius 2 is 1.87 bits per heavy atom. The van der Waals surface area contributed by atoms with Gasteiger partial charge in [0.15, 0.2) is 0 Å². The SMILES string of the molecule is O=C(NCc1cccs1)C1CC2(CO1)c1ccccc1CN2C(=O)c1ccccc1. The van der Waals surface area contributed by atoms with E-state index < -0.39 is 11.6 Å². The Morgan fingerprint density at radius 3 is 2.67 bits per heavy atom. The summed E-state index contributed by atoms with van der Waals surface area (Å²) in [6, 6.07) is 21.4. The van der Waals surface area contributed by atoms with Crippen LogP contribution in [0.5, 0.6) is 0 Å². The van der Waals surface area contributed by atoms with Crippen LogP contribution in [0.3, 0.4) is 0 Å². The van der Waals surface area contributed by atoms with Crippen LogP contribution >= 0.6 is 11.3 Å². The molecule has 2 aliphatic rings. The first kappa shape index (κ1) is 19.0. The summed E-state index contributed by atoms with van der Waals surface area (Å²) in [5.41, 5.74) is 2.23. The second kappa shape index (κ2) is 7.70. The van der Waals surface area contributed by atoms with Crippen LogP contribution in [0.2, 0.25) is 0 Å². The number of fused-ring (bicyclic) bond motifs is 2. The minimum Gasteiger partial charge on any atom is -0.365 e. The molecule has 30 heavy (non-hydrogen) atoms. The summed E-state index contributed by atoms with van der Waals surface area (Å²) >= 11 is 1.61. The first-order valence-electron chi connectivity index (χ1n) is 10.0. The molecule has 3 heterocycles. The van der Waals surface area contributed by atoms with Crippen molar-refractivity contribution in [2.75, 3.05) is 6.61 Å². The molecular weight excluding hydrogens is 396 g/mol. The van der Waals surface area contributed by atoms with Crippen LogP contribution in [0.15, 0.2) is 72.1 Å². The number of nitrogens with one attached hydrogen (secondary N) is 1. The van der Waals surface area contributed by atoms with Crippen LogP contribution in [0.25, 0.3) is 0 Å². The molecule has 3 aromatic rings. The lowest BCUT2D eigenvalue weighted by Gasteiger charge is -2.34. The number of benzene rings is 2. The molecule has 1 saturated heterocycles. The van der Waals surface area contributed by atoms with Crippen molar-refractivity contribution in [3.63, 3.8) is 0 Å². The first-order valence-corrected chi connectivity index (χ1v) is 10.9. The normalized spacial score (nSPS) is 22.3. The van der Waals surface area contributed by atoms with E-state index in [4.69, 9.17) is 4.74 Å². The summed E-state index contributed by atoms with van der Waals surface area (Å²) in [5.74, 6) is -0.160. The Bertz CT molecular complexity index is 1070. The van der Waals surface area contributed by atoms with Gasteiger partial charge in [0.25, 0.3) is 5.91 Å². The van der Waals surface area contributed by atoms with Crippen LogP contribution in [-0.4, -0.2) is 29.4 Å². The fourth-order valence-electron chi connectivity index (χ4n) is 4.49. The maximum atomic E-state index is 13.4. The molecule has 2 atom stereocenters. The number of hydrogen-bond donors (Lipinski definition) is 1. The van der Waals surface area contributed by atoms with Gasteiger partial charge < -0.3 is 15.0 Å². The first-order chi connectivity index (χ1) is 14.7. The van der Waals surface area contributed by atoms with Gasteiger partial charge in [-0.2, -0.15) is 0 Å². The summed E-state index contributed by atoms with van der Waals surface area (Å²) in [6.07, 6.45) is -0.124. The van der Waals surface area contributed by atoms with Gasteiger partial charge in [-0.25, -0.2) is 0 Å². The van der Waals surface area contributed by atoms with E-state index in [1.165, 1.54) is 0 Å². The van der Waals surface area contributed by atoms with Crippen molar-refractivity contribution >= 4 is 23.2 Å². The average molecular weight is 419 g/mol. The highest BCUT2D eigenvalue weighted by molar-refractivity contribution is 7.09. The van der Waals surface area contributed by atoms with E-state index in [0.717, 1.165) is 16.0 Å². The van der Waals surface area contributed by atoms with Crippen molar-refractivity contribution < 1.29 is 14.3 Å². The van der Waals surface area contributed by atoms with Crippen LogP contribution in [-0.2, 0) is 28.2 Å². The lowest BCUT2D eigenvalue weighted by molar-refractivity contribution is -0.130. The molecule has 2 amide bonds. The van der Waals surface area contributed by atoms with Gasteiger partial charge >= 0.3 is 0 Å². The lowest BCUT2D eigenvalue weighted by Crippen LogP contribution is -2.46. The molecular formula is C24H22N2O3S. The highest BCUT2D eigenvalue weighted by atomic mass is 32.1. The third-order valence-corrected chi connectivity index (χ3v) is 6.86. The zero-order valence-corrected chi connectivity index (χ0v) is 17.2. The van der Waals surface area contributed by atoms with E-state index in [0.29, 0.717) is 31.7 Å². The fourth-order valence-corrected chi connectivity index (χ4v) is 5.13. The van der Waals surface area contributed by atoms with Gasteiger partial charge in [-0.15, -0.1) is 11.3 Å². The van der Waals surface area contributed by atoms with Crippen LogP contribution in [0, 0.1) is 0 Å². The maximum Gasteiger partial charge on any atom is 0.254 e. The van der Waals surface area contributed by atoms with Gasteiger partial charge in [0.1, 0.15) is 6.10 Å². The molecule has 2 unspecified atom stereocenters. The fraction of sp³-hybridized carbons (Fsp3) is 0.250. The number of carbonyl (C=O) groups is 2. The summed E-state index contributed by atoms with van der Waals surface area (Å²) in [7, 11) is 0. The Kier molecular flexibility index (Phi) is 4.89. The molecule has 6 heteroatoms. The predicted molar refractivity (Wildman–Crippen MR) is 115 cm³/mol.